The van der Waals surface area contributed by atoms with Crippen molar-refractivity contribution in [1.82, 2.24) is 9.97 Å². The van der Waals surface area contributed by atoms with Gasteiger partial charge in [0.2, 0.25) is 0 Å². The smallest absolute Gasteiger partial charge is 0.192 e. The highest BCUT2D eigenvalue weighted by Crippen LogP contribution is 2.31. The third kappa shape index (κ3) is 3.40. The topological polar surface area (TPSA) is 46.0 Å². The highest BCUT2D eigenvalue weighted by Gasteiger charge is 2.10. The number of aliphatic hydroxyl groups is 1. The van der Waals surface area contributed by atoms with Gasteiger partial charge < -0.3 is 5.11 Å². The van der Waals surface area contributed by atoms with Crippen LogP contribution >= 0.6 is 27.7 Å². The molecule has 0 amide bonds. The third-order valence-corrected chi connectivity index (χ3v) is 4.78. The van der Waals surface area contributed by atoms with Crippen molar-refractivity contribution in [3.05, 3.63) is 45.2 Å². The maximum Gasteiger partial charge on any atom is 0.192 e. The van der Waals surface area contributed by atoms with Gasteiger partial charge in [-0.15, -0.1) is 0 Å². The zero-order valence-electron chi connectivity index (χ0n) is 11.9. The number of aliphatic hydroxyl groups excluding tert-OH is 1. The summed E-state index contributed by atoms with van der Waals surface area (Å²) in [4.78, 5) is 10.1. The lowest BCUT2D eigenvalue weighted by Crippen LogP contribution is -1.98. The van der Waals surface area contributed by atoms with E-state index in [1.165, 1.54) is 11.8 Å². The first-order valence-corrected chi connectivity index (χ1v) is 7.96. The SMILES string of the molecule is Cc1nc(Sc2ccc([C@@H](C)O)c(Br)c2)nc(C)c1C. The summed E-state index contributed by atoms with van der Waals surface area (Å²) >= 11 is 5.01. The molecule has 1 N–H and O–H groups in total. The van der Waals surface area contributed by atoms with Gasteiger partial charge in [0.15, 0.2) is 5.16 Å². The molecule has 3 nitrogen and oxygen atoms in total. The Labute approximate surface area is 132 Å². The van der Waals surface area contributed by atoms with Crippen LogP contribution in [-0.2, 0) is 0 Å². The van der Waals surface area contributed by atoms with Crippen LogP contribution in [0.1, 0.15) is 35.5 Å². The monoisotopic (exact) mass is 352 g/mol. The molecule has 1 atom stereocenters. The van der Waals surface area contributed by atoms with E-state index in [2.05, 4.69) is 25.9 Å². The Kier molecular flexibility index (Phi) is 4.83. The first-order chi connectivity index (χ1) is 9.38. The lowest BCUT2D eigenvalue weighted by Gasteiger charge is -2.10. The molecule has 0 aliphatic rings. The molecule has 0 saturated heterocycles. The maximum absolute atomic E-state index is 9.63. The molecule has 0 fully saturated rings. The van der Waals surface area contributed by atoms with Gasteiger partial charge in [0.1, 0.15) is 0 Å². The van der Waals surface area contributed by atoms with E-state index in [1.807, 2.05) is 39.0 Å². The van der Waals surface area contributed by atoms with E-state index in [0.29, 0.717) is 0 Å². The van der Waals surface area contributed by atoms with Crippen molar-refractivity contribution < 1.29 is 5.11 Å². The van der Waals surface area contributed by atoms with E-state index in [1.54, 1.807) is 6.92 Å². The minimum Gasteiger partial charge on any atom is -0.389 e. The van der Waals surface area contributed by atoms with Crippen molar-refractivity contribution in [2.45, 2.75) is 43.9 Å². The molecule has 0 bridgehead atoms. The minimum atomic E-state index is -0.483. The highest BCUT2D eigenvalue weighted by molar-refractivity contribution is 9.10. The van der Waals surface area contributed by atoms with Gasteiger partial charge in [-0.3, -0.25) is 0 Å². The fourth-order valence-electron chi connectivity index (χ4n) is 1.80. The summed E-state index contributed by atoms with van der Waals surface area (Å²) in [5.41, 5.74) is 4.05. The molecule has 0 unspecified atom stereocenters. The molecule has 20 heavy (non-hydrogen) atoms. The molecule has 5 heteroatoms. The van der Waals surface area contributed by atoms with Crippen LogP contribution in [0.4, 0.5) is 0 Å². The number of benzene rings is 1. The van der Waals surface area contributed by atoms with E-state index in [9.17, 15) is 5.11 Å². The van der Waals surface area contributed by atoms with Gasteiger partial charge >= 0.3 is 0 Å². The van der Waals surface area contributed by atoms with Crippen LogP contribution in [0.3, 0.4) is 0 Å². The number of rotatable bonds is 3. The Bertz CT molecular complexity index is 621. The van der Waals surface area contributed by atoms with E-state index >= 15 is 0 Å². The standard InChI is InChI=1S/C15H17BrN2OS/c1-8-9(2)17-15(18-10(8)3)20-12-5-6-13(11(4)19)14(16)7-12/h5-7,11,19H,1-4H3/t11-/m1/s1. The second-order valence-corrected chi connectivity index (χ2v) is 6.66. The molecule has 106 valence electrons. The molecular weight excluding hydrogens is 336 g/mol. The summed E-state index contributed by atoms with van der Waals surface area (Å²) in [5.74, 6) is 0. The molecule has 2 aromatic rings. The maximum atomic E-state index is 9.63. The molecule has 1 aromatic heterocycles. The molecule has 0 spiro atoms. The zero-order valence-corrected chi connectivity index (χ0v) is 14.3. The normalized spacial score (nSPS) is 12.5. The average molecular weight is 353 g/mol. The Hall–Kier alpha value is -0.910. The molecule has 0 radical (unpaired) electrons. The van der Waals surface area contributed by atoms with Gasteiger partial charge in [0.05, 0.1) is 6.10 Å². The average Bonchev–Trinajstić information content (AvgIpc) is 2.35. The summed E-state index contributed by atoms with van der Waals surface area (Å²) in [5, 5.41) is 10.4. The van der Waals surface area contributed by atoms with Gasteiger partial charge in [0, 0.05) is 20.8 Å². The van der Waals surface area contributed by atoms with E-state index in [0.717, 1.165) is 37.0 Å². The van der Waals surface area contributed by atoms with Crippen LogP contribution in [0.15, 0.2) is 32.7 Å². The van der Waals surface area contributed by atoms with Crippen molar-refractivity contribution >= 4 is 27.7 Å². The molecule has 0 saturated carbocycles. The number of hydrogen-bond acceptors (Lipinski definition) is 4. The molecular formula is C15H17BrN2OS. The summed E-state index contributed by atoms with van der Waals surface area (Å²) in [6.45, 7) is 7.79. The quantitative estimate of drug-likeness (QED) is 0.833. The van der Waals surface area contributed by atoms with Crippen molar-refractivity contribution in [3.8, 4) is 0 Å². The number of aryl methyl sites for hydroxylation is 2. The summed E-state index contributed by atoms with van der Waals surface area (Å²) in [7, 11) is 0. The van der Waals surface area contributed by atoms with Crippen LogP contribution in [-0.4, -0.2) is 15.1 Å². The van der Waals surface area contributed by atoms with Gasteiger partial charge in [-0.25, -0.2) is 9.97 Å². The van der Waals surface area contributed by atoms with E-state index in [-0.39, 0.29) is 0 Å². The summed E-state index contributed by atoms with van der Waals surface area (Å²) in [6, 6.07) is 5.89. The first kappa shape index (κ1) is 15.5. The van der Waals surface area contributed by atoms with Gasteiger partial charge in [-0.1, -0.05) is 22.0 Å². The zero-order chi connectivity index (χ0) is 14.9. The molecule has 1 aromatic carbocycles. The lowest BCUT2D eigenvalue weighted by molar-refractivity contribution is 0.198. The predicted octanol–water partition coefficient (Wildman–Crippen LogP) is 4.37. The van der Waals surface area contributed by atoms with Crippen LogP contribution < -0.4 is 0 Å². The molecule has 2 rings (SSSR count). The van der Waals surface area contributed by atoms with Crippen molar-refractivity contribution in [2.75, 3.05) is 0 Å². The van der Waals surface area contributed by atoms with Crippen LogP contribution in [0.2, 0.25) is 0 Å². The number of halogens is 1. The largest absolute Gasteiger partial charge is 0.389 e. The Balaban J connectivity index is 2.29. The number of aromatic nitrogens is 2. The van der Waals surface area contributed by atoms with Gasteiger partial charge in [-0.05, 0) is 62.7 Å². The molecule has 0 aliphatic carbocycles. The van der Waals surface area contributed by atoms with Crippen molar-refractivity contribution in [3.63, 3.8) is 0 Å². The summed E-state index contributed by atoms with van der Waals surface area (Å²) < 4.78 is 0.901. The van der Waals surface area contributed by atoms with E-state index in [4.69, 9.17) is 0 Å². The van der Waals surface area contributed by atoms with E-state index < -0.39 is 6.10 Å². The van der Waals surface area contributed by atoms with Crippen molar-refractivity contribution in [2.24, 2.45) is 0 Å². The Morgan fingerprint density at radius 3 is 2.25 bits per heavy atom. The van der Waals surface area contributed by atoms with Gasteiger partial charge in [-0.2, -0.15) is 0 Å². The highest BCUT2D eigenvalue weighted by atomic mass is 79.9. The van der Waals surface area contributed by atoms with Crippen molar-refractivity contribution in [1.29, 1.82) is 0 Å². The Morgan fingerprint density at radius 1 is 1.15 bits per heavy atom. The number of nitrogens with zero attached hydrogens (tertiary/aromatic N) is 2. The lowest BCUT2D eigenvalue weighted by atomic mass is 10.1. The fourth-order valence-corrected chi connectivity index (χ4v) is 3.55. The second kappa shape index (κ2) is 6.24. The predicted molar refractivity (Wildman–Crippen MR) is 85.1 cm³/mol. The fraction of sp³-hybridized carbons (Fsp3) is 0.333. The van der Waals surface area contributed by atoms with Crippen LogP contribution in [0.25, 0.3) is 0 Å². The van der Waals surface area contributed by atoms with Crippen LogP contribution in [0, 0.1) is 20.8 Å². The number of hydrogen-bond donors (Lipinski definition) is 1. The van der Waals surface area contributed by atoms with Gasteiger partial charge in [0.25, 0.3) is 0 Å². The summed E-state index contributed by atoms with van der Waals surface area (Å²) in [6.07, 6.45) is -0.483. The molecule has 0 aliphatic heterocycles. The first-order valence-electron chi connectivity index (χ1n) is 6.35. The minimum absolute atomic E-state index is 0.483. The van der Waals surface area contributed by atoms with Crippen LogP contribution in [0.5, 0.6) is 0 Å². The molecule has 1 heterocycles. The third-order valence-electron chi connectivity index (χ3n) is 3.24. The Morgan fingerprint density at radius 2 is 1.75 bits per heavy atom. The second-order valence-electron chi connectivity index (χ2n) is 4.76.